The molecule has 0 bridgehead atoms. The average Bonchev–Trinajstić information content (AvgIpc) is 2.15. The van der Waals surface area contributed by atoms with Gasteiger partial charge >= 0.3 is 0 Å². The number of carbonyl (C=O) groups is 1. The number of hydrogen-bond donors (Lipinski definition) is 2. The fourth-order valence-electron chi connectivity index (χ4n) is 1.48. The molecule has 1 atom stereocenters. The topological polar surface area (TPSA) is 55.1 Å². The lowest BCUT2D eigenvalue weighted by Gasteiger charge is -2.22. The van der Waals surface area contributed by atoms with E-state index in [2.05, 4.69) is 27.3 Å². The maximum absolute atomic E-state index is 11.7. The Labute approximate surface area is 111 Å². The molecular formula is C13H19BrN2O. The molecule has 0 saturated heterocycles. The maximum Gasteiger partial charge on any atom is 0.239 e. The predicted octanol–water partition coefficient (Wildman–Crippen LogP) is 2.23. The molecule has 17 heavy (non-hydrogen) atoms. The molecule has 0 fully saturated rings. The van der Waals surface area contributed by atoms with Crippen molar-refractivity contribution in [2.24, 2.45) is 5.73 Å². The first-order valence-electron chi connectivity index (χ1n) is 5.63. The van der Waals surface area contributed by atoms with Gasteiger partial charge in [0.15, 0.2) is 0 Å². The third-order valence-electron chi connectivity index (χ3n) is 2.39. The summed E-state index contributed by atoms with van der Waals surface area (Å²) in [4.78, 5) is 11.7. The Balaban J connectivity index is 2.56. The zero-order valence-corrected chi connectivity index (χ0v) is 12.0. The van der Waals surface area contributed by atoms with Crippen molar-refractivity contribution in [3.8, 4) is 0 Å². The first kappa shape index (κ1) is 14.2. The van der Waals surface area contributed by atoms with Gasteiger partial charge in [0, 0.05) is 10.5 Å². The molecule has 0 aliphatic rings. The number of rotatable bonds is 4. The SMILES string of the molecule is CC(Cc1cccc(Br)c1)NC(=O)C(C)(C)N. The third-order valence-corrected chi connectivity index (χ3v) is 2.89. The fourth-order valence-corrected chi connectivity index (χ4v) is 1.92. The first-order chi connectivity index (χ1) is 7.79. The van der Waals surface area contributed by atoms with Crippen molar-refractivity contribution in [1.29, 1.82) is 0 Å². The summed E-state index contributed by atoms with van der Waals surface area (Å²) in [6.45, 7) is 5.38. The number of nitrogens with two attached hydrogens (primary N) is 1. The Hall–Kier alpha value is -0.870. The van der Waals surface area contributed by atoms with Crippen LogP contribution in [0, 0.1) is 0 Å². The second-order valence-electron chi connectivity index (χ2n) is 4.93. The van der Waals surface area contributed by atoms with E-state index in [4.69, 9.17) is 5.73 Å². The Kier molecular flexibility index (Phi) is 4.71. The quantitative estimate of drug-likeness (QED) is 0.896. The van der Waals surface area contributed by atoms with Gasteiger partial charge in [-0.1, -0.05) is 28.1 Å². The Bertz CT molecular complexity index is 399. The van der Waals surface area contributed by atoms with Crippen molar-refractivity contribution in [1.82, 2.24) is 5.32 Å². The molecule has 3 nitrogen and oxygen atoms in total. The smallest absolute Gasteiger partial charge is 0.239 e. The molecule has 4 heteroatoms. The standard InChI is InChI=1S/C13H19BrN2O/c1-9(16-12(17)13(2,3)15)7-10-5-4-6-11(14)8-10/h4-6,8-9H,7,15H2,1-3H3,(H,16,17). The Morgan fingerprint density at radius 2 is 2.18 bits per heavy atom. The molecule has 3 N–H and O–H groups in total. The van der Waals surface area contributed by atoms with Crippen molar-refractivity contribution >= 4 is 21.8 Å². The Morgan fingerprint density at radius 1 is 1.53 bits per heavy atom. The van der Waals surface area contributed by atoms with E-state index >= 15 is 0 Å². The average molecular weight is 299 g/mol. The van der Waals surface area contributed by atoms with E-state index in [1.807, 2.05) is 25.1 Å². The number of carbonyl (C=O) groups excluding carboxylic acids is 1. The molecule has 0 heterocycles. The minimum atomic E-state index is -0.828. The molecule has 1 rings (SSSR count). The minimum absolute atomic E-state index is 0.0691. The van der Waals surface area contributed by atoms with Crippen LogP contribution in [0.4, 0.5) is 0 Å². The summed E-state index contributed by atoms with van der Waals surface area (Å²) in [6, 6.07) is 8.13. The van der Waals surface area contributed by atoms with Gasteiger partial charge < -0.3 is 11.1 Å². The number of amides is 1. The zero-order valence-electron chi connectivity index (χ0n) is 10.5. The highest BCUT2D eigenvalue weighted by molar-refractivity contribution is 9.10. The molecule has 1 aromatic rings. The van der Waals surface area contributed by atoms with Crippen molar-refractivity contribution in [2.75, 3.05) is 0 Å². The van der Waals surface area contributed by atoms with Crippen molar-refractivity contribution in [3.63, 3.8) is 0 Å². The second kappa shape index (κ2) is 5.65. The zero-order chi connectivity index (χ0) is 13.1. The van der Waals surface area contributed by atoms with Crippen molar-refractivity contribution in [3.05, 3.63) is 34.3 Å². The summed E-state index contributed by atoms with van der Waals surface area (Å²) in [5, 5.41) is 2.91. The first-order valence-corrected chi connectivity index (χ1v) is 6.42. The van der Waals surface area contributed by atoms with Gasteiger partial charge in [-0.2, -0.15) is 0 Å². The Morgan fingerprint density at radius 3 is 2.71 bits per heavy atom. The minimum Gasteiger partial charge on any atom is -0.352 e. The van der Waals surface area contributed by atoms with Crippen LogP contribution in [0.3, 0.4) is 0 Å². The normalized spacial score (nSPS) is 13.2. The number of nitrogens with one attached hydrogen (secondary N) is 1. The van der Waals surface area contributed by atoms with Crippen molar-refractivity contribution in [2.45, 2.75) is 38.8 Å². The molecule has 1 unspecified atom stereocenters. The second-order valence-corrected chi connectivity index (χ2v) is 5.85. The van der Waals surface area contributed by atoms with Gasteiger partial charge in [0.05, 0.1) is 5.54 Å². The van der Waals surface area contributed by atoms with E-state index in [1.165, 1.54) is 5.56 Å². The molecule has 0 saturated carbocycles. The monoisotopic (exact) mass is 298 g/mol. The van der Waals surface area contributed by atoms with Crippen LogP contribution < -0.4 is 11.1 Å². The lowest BCUT2D eigenvalue weighted by molar-refractivity contribution is -0.125. The van der Waals surface area contributed by atoms with Gasteiger partial charge in [0.25, 0.3) is 0 Å². The molecule has 0 spiro atoms. The van der Waals surface area contributed by atoms with E-state index in [0.717, 1.165) is 10.9 Å². The van der Waals surface area contributed by atoms with Crippen LogP contribution in [0.25, 0.3) is 0 Å². The lowest BCUT2D eigenvalue weighted by atomic mass is 10.0. The van der Waals surface area contributed by atoms with Crippen LogP contribution in [-0.2, 0) is 11.2 Å². The summed E-state index contributed by atoms with van der Waals surface area (Å²) in [5.41, 5.74) is 6.08. The molecule has 0 radical (unpaired) electrons. The molecule has 0 aliphatic carbocycles. The van der Waals surface area contributed by atoms with Gasteiger partial charge in [-0.05, 0) is 44.9 Å². The van der Waals surface area contributed by atoms with Crippen LogP contribution >= 0.6 is 15.9 Å². The fraction of sp³-hybridized carbons (Fsp3) is 0.462. The van der Waals surface area contributed by atoms with Crippen LogP contribution in [0.5, 0.6) is 0 Å². The lowest BCUT2D eigenvalue weighted by Crippen LogP contribution is -2.51. The number of halogens is 1. The molecule has 0 aliphatic heterocycles. The van der Waals surface area contributed by atoms with Gasteiger partial charge in [0.2, 0.25) is 5.91 Å². The summed E-state index contributed by atoms with van der Waals surface area (Å²) in [6.07, 6.45) is 0.793. The summed E-state index contributed by atoms with van der Waals surface area (Å²) in [7, 11) is 0. The van der Waals surface area contributed by atoms with Gasteiger partial charge in [-0.15, -0.1) is 0 Å². The molecule has 94 valence electrons. The highest BCUT2D eigenvalue weighted by atomic mass is 79.9. The number of benzene rings is 1. The molecular weight excluding hydrogens is 280 g/mol. The van der Waals surface area contributed by atoms with E-state index in [1.54, 1.807) is 13.8 Å². The van der Waals surface area contributed by atoms with E-state index in [9.17, 15) is 4.79 Å². The van der Waals surface area contributed by atoms with Crippen LogP contribution in [0.2, 0.25) is 0 Å². The highest BCUT2D eigenvalue weighted by Gasteiger charge is 2.22. The van der Waals surface area contributed by atoms with Crippen LogP contribution in [0.1, 0.15) is 26.3 Å². The summed E-state index contributed by atoms with van der Waals surface area (Å²) in [5.74, 6) is -0.125. The molecule has 0 aromatic heterocycles. The van der Waals surface area contributed by atoms with Crippen LogP contribution in [0.15, 0.2) is 28.7 Å². The third kappa shape index (κ3) is 4.88. The molecule has 1 aromatic carbocycles. The van der Waals surface area contributed by atoms with Gasteiger partial charge in [-0.25, -0.2) is 0 Å². The summed E-state index contributed by atoms with van der Waals surface area (Å²) < 4.78 is 1.05. The van der Waals surface area contributed by atoms with E-state index in [0.29, 0.717) is 0 Å². The van der Waals surface area contributed by atoms with Gasteiger partial charge in [-0.3, -0.25) is 4.79 Å². The van der Waals surface area contributed by atoms with E-state index in [-0.39, 0.29) is 11.9 Å². The van der Waals surface area contributed by atoms with E-state index < -0.39 is 5.54 Å². The van der Waals surface area contributed by atoms with Crippen LogP contribution in [-0.4, -0.2) is 17.5 Å². The van der Waals surface area contributed by atoms with Gasteiger partial charge in [0.1, 0.15) is 0 Å². The number of hydrogen-bond acceptors (Lipinski definition) is 2. The summed E-state index contributed by atoms with van der Waals surface area (Å²) >= 11 is 3.43. The predicted molar refractivity (Wildman–Crippen MR) is 73.7 cm³/mol. The largest absolute Gasteiger partial charge is 0.352 e. The molecule has 1 amide bonds. The highest BCUT2D eigenvalue weighted by Crippen LogP contribution is 2.13. The van der Waals surface area contributed by atoms with Crippen molar-refractivity contribution < 1.29 is 4.79 Å². The maximum atomic E-state index is 11.7.